The van der Waals surface area contributed by atoms with Crippen LogP contribution in [0.3, 0.4) is 0 Å². The minimum atomic E-state index is -0.337. The van der Waals surface area contributed by atoms with E-state index in [1.807, 2.05) is 31.2 Å². The fourth-order valence-electron chi connectivity index (χ4n) is 2.18. The van der Waals surface area contributed by atoms with Crippen LogP contribution in [0.15, 0.2) is 59.4 Å². The molecule has 0 radical (unpaired) electrons. The van der Waals surface area contributed by atoms with E-state index in [0.29, 0.717) is 18.0 Å². The fraction of sp³-hybridized carbons (Fsp3) is 0.158. The van der Waals surface area contributed by atoms with Gasteiger partial charge in [0.05, 0.1) is 18.4 Å². The summed E-state index contributed by atoms with van der Waals surface area (Å²) in [6.07, 6.45) is 3.05. The number of ether oxygens (including phenoxy) is 1. The molecule has 0 atom stereocenters. The lowest BCUT2D eigenvalue weighted by Crippen LogP contribution is -2.15. The van der Waals surface area contributed by atoms with Crippen molar-refractivity contribution in [2.24, 2.45) is 0 Å². The van der Waals surface area contributed by atoms with Crippen molar-refractivity contribution in [3.05, 3.63) is 76.0 Å². The zero-order chi connectivity index (χ0) is 16.7. The number of hydrogen-bond donors (Lipinski definition) is 1. The van der Waals surface area contributed by atoms with Crippen LogP contribution in [-0.4, -0.2) is 19.4 Å². The van der Waals surface area contributed by atoms with Crippen molar-refractivity contribution < 1.29 is 9.53 Å². The number of hydrogen-bond acceptors (Lipinski definition) is 4. The lowest BCUT2D eigenvalue weighted by molar-refractivity contribution is 0.104. The molecule has 0 heterocycles. The van der Waals surface area contributed by atoms with Gasteiger partial charge in [-0.25, -0.2) is 0 Å². The smallest absolute Gasteiger partial charge is 0.212 e. The molecule has 0 aliphatic heterocycles. The number of carbonyl (C=O) groups is 1. The number of allylic oxidation sites excluding steroid dienone is 1. The van der Waals surface area contributed by atoms with Gasteiger partial charge in [-0.1, -0.05) is 30.3 Å². The number of anilines is 1. The summed E-state index contributed by atoms with van der Waals surface area (Å²) in [5, 5.41) is 2.97. The van der Waals surface area contributed by atoms with Gasteiger partial charge in [-0.05, 0) is 37.3 Å². The molecule has 1 N–H and O–H groups in total. The summed E-state index contributed by atoms with van der Waals surface area (Å²) < 4.78 is 5.24. The summed E-state index contributed by atoms with van der Waals surface area (Å²) in [4.78, 5) is 24.8. The number of rotatable bonds is 6. The molecule has 0 bridgehead atoms. The zero-order valence-electron chi connectivity index (χ0n) is 13.2. The van der Waals surface area contributed by atoms with E-state index in [-0.39, 0.29) is 16.8 Å². The molecule has 4 heteroatoms. The maximum absolute atomic E-state index is 12.4. The molecule has 0 saturated carbocycles. The topological polar surface area (TPSA) is 55.4 Å². The molecular weight excluding hydrogens is 290 g/mol. The van der Waals surface area contributed by atoms with Gasteiger partial charge in [0.1, 0.15) is 5.75 Å². The third-order valence-electron chi connectivity index (χ3n) is 3.31. The molecule has 0 aliphatic carbocycles. The Kier molecular flexibility index (Phi) is 5.69. The third kappa shape index (κ3) is 4.07. The van der Waals surface area contributed by atoms with Crippen LogP contribution in [0.5, 0.6) is 5.75 Å². The highest BCUT2D eigenvalue weighted by Crippen LogP contribution is 2.18. The molecule has 0 spiro atoms. The van der Waals surface area contributed by atoms with Crippen molar-refractivity contribution in [3.8, 4) is 5.75 Å². The number of nitrogens with one attached hydrogen (secondary N) is 1. The van der Waals surface area contributed by atoms with Crippen molar-refractivity contribution in [2.45, 2.75) is 6.92 Å². The summed E-state index contributed by atoms with van der Waals surface area (Å²) in [6, 6.07) is 14.0. The lowest BCUT2D eigenvalue weighted by Gasteiger charge is -2.03. The first-order valence-electron chi connectivity index (χ1n) is 7.40. The SMILES string of the molecule is CCNc1ccccc(C(=O)/C=C\c2ccccc2OC)c1=O. The Hall–Kier alpha value is -2.88. The van der Waals surface area contributed by atoms with Gasteiger partial charge in [0.25, 0.3) is 0 Å². The summed E-state index contributed by atoms with van der Waals surface area (Å²) in [5.74, 6) is 0.335. The van der Waals surface area contributed by atoms with E-state index in [9.17, 15) is 9.59 Å². The number of para-hydroxylation sites is 1. The molecule has 2 aromatic rings. The Morgan fingerprint density at radius 1 is 1.13 bits per heavy atom. The van der Waals surface area contributed by atoms with Gasteiger partial charge in [0.2, 0.25) is 5.43 Å². The van der Waals surface area contributed by atoms with Crippen molar-refractivity contribution in [3.63, 3.8) is 0 Å². The Labute approximate surface area is 135 Å². The van der Waals surface area contributed by atoms with Crippen molar-refractivity contribution >= 4 is 17.5 Å². The summed E-state index contributed by atoms with van der Waals surface area (Å²) >= 11 is 0. The monoisotopic (exact) mass is 309 g/mol. The van der Waals surface area contributed by atoms with E-state index in [1.54, 1.807) is 31.4 Å². The van der Waals surface area contributed by atoms with Crippen molar-refractivity contribution in [1.29, 1.82) is 0 Å². The highest BCUT2D eigenvalue weighted by molar-refractivity contribution is 6.07. The van der Waals surface area contributed by atoms with Crippen LogP contribution < -0.4 is 15.5 Å². The zero-order valence-corrected chi connectivity index (χ0v) is 13.2. The molecule has 0 saturated heterocycles. The van der Waals surface area contributed by atoms with Crippen LogP contribution in [0.2, 0.25) is 0 Å². The van der Waals surface area contributed by atoms with Crippen LogP contribution in [0, 0.1) is 0 Å². The number of ketones is 1. The van der Waals surface area contributed by atoms with Crippen LogP contribution in [-0.2, 0) is 0 Å². The van der Waals surface area contributed by atoms with Gasteiger partial charge in [-0.15, -0.1) is 0 Å². The number of carbonyl (C=O) groups excluding carboxylic acids is 1. The van der Waals surface area contributed by atoms with Gasteiger partial charge in [-0.3, -0.25) is 9.59 Å². The lowest BCUT2D eigenvalue weighted by atomic mass is 10.1. The molecule has 23 heavy (non-hydrogen) atoms. The molecule has 2 aromatic carbocycles. The normalized spacial score (nSPS) is 10.5. The molecule has 0 aliphatic rings. The average molecular weight is 309 g/mol. The Morgan fingerprint density at radius 2 is 1.83 bits per heavy atom. The molecule has 2 rings (SSSR count). The number of benzene rings is 1. The Morgan fingerprint density at radius 3 is 2.57 bits per heavy atom. The first kappa shape index (κ1) is 16.5. The minimum absolute atomic E-state index is 0.136. The predicted octanol–water partition coefficient (Wildman–Crippen LogP) is 3.38. The van der Waals surface area contributed by atoms with Gasteiger partial charge in [-0.2, -0.15) is 0 Å². The molecule has 4 nitrogen and oxygen atoms in total. The summed E-state index contributed by atoms with van der Waals surface area (Å²) in [6.45, 7) is 2.51. The van der Waals surface area contributed by atoms with Crippen molar-refractivity contribution in [2.75, 3.05) is 19.0 Å². The first-order valence-corrected chi connectivity index (χ1v) is 7.40. The maximum Gasteiger partial charge on any atom is 0.212 e. The van der Waals surface area contributed by atoms with E-state index >= 15 is 0 Å². The van der Waals surface area contributed by atoms with Crippen LogP contribution in [0.1, 0.15) is 22.8 Å². The largest absolute Gasteiger partial charge is 0.496 e. The van der Waals surface area contributed by atoms with E-state index in [1.165, 1.54) is 12.1 Å². The standard InChI is InChI=1S/C19H19NO3/c1-3-20-16-10-6-5-9-15(19(16)22)17(21)13-12-14-8-4-7-11-18(14)23-2/h4-13H,3H2,1-2H3,(H,20,22)/b13-12-. The van der Waals surface area contributed by atoms with E-state index in [0.717, 1.165) is 5.56 Å². The molecule has 0 fully saturated rings. The Balaban J connectivity index is 2.35. The van der Waals surface area contributed by atoms with Gasteiger partial charge in [0, 0.05) is 12.1 Å². The van der Waals surface area contributed by atoms with Gasteiger partial charge in [0.15, 0.2) is 5.78 Å². The first-order chi connectivity index (χ1) is 11.2. The summed E-state index contributed by atoms with van der Waals surface area (Å²) in [5.41, 5.74) is 1.04. The van der Waals surface area contributed by atoms with Crippen LogP contribution in [0.4, 0.5) is 5.69 Å². The minimum Gasteiger partial charge on any atom is -0.496 e. The van der Waals surface area contributed by atoms with Gasteiger partial charge >= 0.3 is 0 Å². The molecule has 0 unspecified atom stereocenters. The maximum atomic E-state index is 12.4. The van der Waals surface area contributed by atoms with Crippen molar-refractivity contribution in [1.82, 2.24) is 0 Å². The number of methoxy groups -OCH3 is 1. The van der Waals surface area contributed by atoms with E-state index in [2.05, 4.69) is 5.32 Å². The second-order valence-electron chi connectivity index (χ2n) is 4.84. The highest BCUT2D eigenvalue weighted by atomic mass is 16.5. The van der Waals surface area contributed by atoms with E-state index < -0.39 is 0 Å². The quantitative estimate of drug-likeness (QED) is 0.656. The van der Waals surface area contributed by atoms with E-state index in [4.69, 9.17) is 4.74 Å². The van der Waals surface area contributed by atoms with Crippen LogP contribution >= 0.6 is 0 Å². The molecule has 118 valence electrons. The predicted molar refractivity (Wildman–Crippen MR) is 93.2 cm³/mol. The second-order valence-corrected chi connectivity index (χ2v) is 4.84. The molecule has 0 amide bonds. The molecule has 0 aromatic heterocycles. The fourth-order valence-corrected chi connectivity index (χ4v) is 2.18. The Bertz CT molecular complexity index is 781. The summed E-state index contributed by atoms with van der Waals surface area (Å²) in [7, 11) is 1.57. The third-order valence-corrected chi connectivity index (χ3v) is 3.31. The van der Waals surface area contributed by atoms with Crippen LogP contribution in [0.25, 0.3) is 6.08 Å². The van der Waals surface area contributed by atoms with Gasteiger partial charge < -0.3 is 10.1 Å². The second kappa shape index (κ2) is 7.94. The average Bonchev–Trinajstić information content (AvgIpc) is 2.75. The molecular formula is C19H19NO3. The highest BCUT2D eigenvalue weighted by Gasteiger charge is 2.09.